The molecule has 0 bridgehead atoms. The number of carbonyl (C=O) groups excluding carboxylic acids is 1. The van der Waals surface area contributed by atoms with Crippen molar-refractivity contribution in [3.05, 3.63) is 97.3 Å². The van der Waals surface area contributed by atoms with Gasteiger partial charge in [-0.3, -0.25) is 14.4 Å². The summed E-state index contributed by atoms with van der Waals surface area (Å²) in [4.78, 5) is 18.7. The SMILES string of the molecule is CCc1cc2c(s1)-n1c(nnc1CNC(=O)c1ccc(Br)cc1)CN=C2c1ccccc1Cl. The third-order valence-corrected chi connectivity index (χ3v) is 7.51. The molecule has 33 heavy (non-hydrogen) atoms. The van der Waals surface area contributed by atoms with Gasteiger partial charge in [0.05, 0.1) is 12.3 Å². The van der Waals surface area contributed by atoms with Crippen molar-refractivity contribution in [2.24, 2.45) is 4.99 Å². The molecule has 2 aromatic heterocycles. The molecular weight excluding hydrogens is 522 g/mol. The van der Waals surface area contributed by atoms with E-state index in [-0.39, 0.29) is 12.5 Å². The van der Waals surface area contributed by atoms with E-state index in [2.05, 4.69) is 44.4 Å². The maximum Gasteiger partial charge on any atom is 0.251 e. The first-order valence-corrected chi connectivity index (χ1v) is 12.4. The van der Waals surface area contributed by atoms with Crippen molar-refractivity contribution in [1.29, 1.82) is 0 Å². The summed E-state index contributed by atoms with van der Waals surface area (Å²) in [5.74, 6) is 1.23. The standard InChI is InChI=1S/C24H19BrClN5OS/c1-2-16-11-18-22(17-5-3-4-6-19(17)26)27-12-20-29-30-21(31(20)24(18)33-16)13-28-23(32)14-7-9-15(25)10-8-14/h3-11H,2,12-13H2,1H3,(H,28,32). The Morgan fingerprint density at radius 2 is 1.94 bits per heavy atom. The summed E-state index contributed by atoms with van der Waals surface area (Å²) < 4.78 is 2.95. The van der Waals surface area contributed by atoms with Gasteiger partial charge >= 0.3 is 0 Å². The summed E-state index contributed by atoms with van der Waals surface area (Å²) in [7, 11) is 0. The van der Waals surface area contributed by atoms with Crippen molar-refractivity contribution in [1.82, 2.24) is 20.1 Å². The number of aromatic nitrogens is 3. The summed E-state index contributed by atoms with van der Waals surface area (Å²) in [6.07, 6.45) is 0.903. The van der Waals surface area contributed by atoms with Crippen LogP contribution in [0.3, 0.4) is 0 Å². The number of amides is 1. The number of halogens is 2. The molecule has 5 rings (SSSR count). The lowest BCUT2D eigenvalue weighted by Gasteiger charge is -2.10. The van der Waals surface area contributed by atoms with E-state index in [1.54, 1.807) is 23.5 Å². The maximum absolute atomic E-state index is 12.6. The van der Waals surface area contributed by atoms with Gasteiger partial charge < -0.3 is 5.32 Å². The minimum atomic E-state index is -0.165. The van der Waals surface area contributed by atoms with Crippen LogP contribution < -0.4 is 5.32 Å². The molecule has 1 N–H and O–H groups in total. The molecule has 0 saturated heterocycles. The van der Waals surface area contributed by atoms with Crippen molar-refractivity contribution in [3.8, 4) is 5.00 Å². The Kier molecular flexibility index (Phi) is 6.14. The molecule has 0 saturated carbocycles. The zero-order valence-electron chi connectivity index (χ0n) is 17.7. The molecule has 6 nitrogen and oxygen atoms in total. The van der Waals surface area contributed by atoms with Crippen LogP contribution in [0.4, 0.5) is 0 Å². The zero-order chi connectivity index (χ0) is 22.9. The molecule has 3 heterocycles. The number of nitrogens with one attached hydrogen (secondary N) is 1. The summed E-state index contributed by atoms with van der Waals surface area (Å²) >= 11 is 11.6. The van der Waals surface area contributed by atoms with E-state index in [0.29, 0.717) is 23.0 Å². The van der Waals surface area contributed by atoms with Gasteiger partial charge in [-0.05, 0) is 42.8 Å². The second-order valence-corrected chi connectivity index (χ2v) is 9.93. The molecule has 0 radical (unpaired) electrons. The second-order valence-electron chi connectivity index (χ2n) is 7.49. The van der Waals surface area contributed by atoms with Crippen molar-refractivity contribution < 1.29 is 4.79 Å². The van der Waals surface area contributed by atoms with Crippen LogP contribution >= 0.6 is 38.9 Å². The second kappa shape index (κ2) is 9.21. The van der Waals surface area contributed by atoms with E-state index in [9.17, 15) is 4.79 Å². The van der Waals surface area contributed by atoms with Gasteiger partial charge in [-0.2, -0.15) is 0 Å². The van der Waals surface area contributed by atoms with Gasteiger partial charge in [0.15, 0.2) is 11.6 Å². The normalized spacial score (nSPS) is 12.5. The van der Waals surface area contributed by atoms with E-state index >= 15 is 0 Å². The molecule has 1 aliphatic rings. The summed E-state index contributed by atoms with van der Waals surface area (Å²) in [5, 5.41) is 13.4. The number of nitrogens with zero attached hydrogens (tertiary/aromatic N) is 4. The molecule has 0 spiro atoms. The first-order valence-electron chi connectivity index (χ1n) is 10.4. The van der Waals surface area contributed by atoms with Gasteiger partial charge in [-0.1, -0.05) is 52.7 Å². The van der Waals surface area contributed by atoms with Crippen LogP contribution in [0.1, 0.15) is 44.9 Å². The maximum atomic E-state index is 12.6. The van der Waals surface area contributed by atoms with Crippen molar-refractivity contribution >= 4 is 50.5 Å². The number of rotatable bonds is 5. The fourth-order valence-corrected chi connectivity index (χ4v) is 5.35. The van der Waals surface area contributed by atoms with Gasteiger partial charge in [0.1, 0.15) is 11.5 Å². The predicted molar refractivity (Wildman–Crippen MR) is 135 cm³/mol. The van der Waals surface area contributed by atoms with Crippen LogP contribution in [0.25, 0.3) is 5.00 Å². The first-order chi connectivity index (χ1) is 16.0. The lowest BCUT2D eigenvalue weighted by Crippen LogP contribution is -2.24. The molecule has 9 heteroatoms. The number of fused-ring (bicyclic) bond motifs is 3. The van der Waals surface area contributed by atoms with Crippen LogP contribution in [0.5, 0.6) is 0 Å². The highest BCUT2D eigenvalue weighted by Crippen LogP contribution is 2.34. The zero-order valence-corrected chi connectivity index (χ0v) is 20.8. The molecule has 166 valence electrons. The quantitative estimate of drug-likeness (QED) is 0.359. The Hall–Kier alpha value is -2.81. The minimum Gasteiger partial charge on any atom is -0.345 e. The molecule has 4 aromatic rings. The van der Waals surface area contributed by atoms with Gasteiger partial charge in [0, 0.05) is 31.1 Å². The van der Waals surface area contributed by atoms with Crippen molar-refractivity contribution in [2.75, 3.05) is 0 Å². The number of aryl methyl sites for hydroxylation is 1. The Morgan fingerprint density at radius 1 is 1.15 bits per heavy atom. The highest BCUT2D eigenvalue weighted by molar-refractivity contribution is 9.10. The summed E-state index contributed by atoms with van der Waals surface area (Å²) in [5.41, 5.74) is 3.33. The molecular formula is C24H19BrClN5OS. The van der Waals surface area contributed by atoms with Gasteiger partial charge in [0.25, 0.3) is 5.91 Å². The average Bonchev–Trinajstić information content (AvgIpc) is 3.39. The van der Waals surface area contributed by atoms with E-state index in [0.717, 1.165) is 38.6 Å². The largest absolute Gasteiger partial charge is 0.345 e. The Bertz CT molecular complexity index is 1380. The highest BCUT2D eigenvalue weighted by atomic mass is 79.9. The molecule has 1 aliphatic heterocycles. The summed E-state index contributed by atoms with van der Waals surface area (Å²) in [6, 6.07) is 17.1. The topological polar surface area (TPSA) is 72.2 Å². The lowest BCUT2D eigenvalue weighted by atomic mass is 10.0. The predicted octanol–water partition coefficient (Wildman–Crippen LogP) is 5.59. The number of benzene rings is 2. The Morgan fingerprint density at radius 3 is 2.70 bits per heavy atom. The van der Waals surface area contributed by atoms with Gasteiger partial charge in [-0.25, -0.2) is 0 Å². The molecule has 2 aromatic carbocycles. The fourth-order valence-electron chi connectivity index (χ4n) is 3.73. The highest BCUT2D eigenvalue weighted by Gasteiger charge is 2.26. The number of thiophene rings is 1. The lowest BCUT2D eigenvalue weighted by molar-refractivity contribution is 0.0949. The van der Waals surface area contributed by atoms with Crippen molar-refractivity contribution in [3.63, 3.8) is 0 Å². The monoisotopic (exact) mass is 539 g/mol. The number of hydrogen-bond donors (Lipinski definition) is 1. The molecule has 0 atom stereocenters. The van der Waals surface area contributed by atoms with E-state index in [1.807, 2.05) is 41.0 Å². The smallest absolute Gasteiger partial charge is 0.251 e. The van der Waals surface area contributed by atoms with Crippen molar-refractivity contribution in [2.45, 2.75) is 26.4 Å². The van der Waals surface area contributed by atoms with E-state index in [4.69, 9.17) is 16.6 Å². The van der Waals surface area contributed by atoms with E-state index in [1.165, 1.54) is 4.88 Å². The number of hydrogen-bond acceptors (Lipinski definition) is 5. The van der Waals surface area contributed by atoms with Gasteiger partial charge in [-0.15, -0.1) is 21.5 Å². The Balaban J connectivity index is 1.51. The van der Waals surface area contributed by atoms with Crippen LogP contribution in [-0.4, -0.2) is 26.4 Å². The molecule has 0 unspecified atom stereocenters. The minimum absolute atomic E-state index is 0.165. The molecule has 0 aliphatic carbocycles. The molecule has 0 fully saturated rings. The van der Waals surface area contributed by atoms with Crippen LogP contribution in [0, 0.1) is 0 Å². The van der Waals surface area contributed by atoms with Crippen LogP contribution in [0.2, 0.25) is 5.02 Å². The molecule has 1 amide bonds. The first kappa shape index (κ1) is 22.0. The Labute approximate surface area is 208 Å². The third-order valence-electron chi connectivity index (χ3n) is 5.39. The summed E-state index contributed by atoms with van der Waals surface area (Å²) in [6.45, 7) is 2.75. The fraction of sp³-hybridized carbons (Fsp3) is 0.167. The van der Waals surface area contributed by atoms with E-state index < -0.39 is 0 Å². The average molecular weight is 541 g/mol. The van der Waals surface area contributed by atoms with Crippen LogP contribution in [-0.2, 0) is 19.5 Å². The number of aliphatic imine (C=N–C) groups is 1. The number of carbonyl (C=O) groups is 1. The van der Waals surface area contributed by atoms with Crippen LogP contribution in [0.15, 0.2) is 64.1 Å². The van der Waals surface area contributed by atoms with Gasteiger partial charge in [0.2, 0.25) is 0 Å². The third kappa shape index (κ3) is 4.26.